The van der Waals surface area contributed by atoms with Crippen LogP contribution in [-0.2, 0) is 4.79 Å². The molecule has 3 rings (SSSR count). The van der Waals surface area contributed by atoms with E-state index < -0.39 is 5.97 Å². The molecule has 138 valence electrons. The number of phenolic OH excluding ortho intramolecular Hbond substituents is 1. The van der Waals surface area contributed by atoms with Gasteiger partial charge in [0.2, 0.25) is 0 Å². The van der Waals surface area contributed by atoms with Gasteiger partial charge < -0.3 is 10.2 Å². The number of hydrogen-bond donors (Lipinski definition) is 2. The first-order valence-electron chi connectivity index (χ1n) is 7.85. The van der Waals surface area contributed by atoms with Crippen LogP contribution in [0.4, 0.5) is 5.69 Å². The zero-order valence-electron chi connectivity index (χ0n) is 14.4. The van der Waals surface area contributed by atoms with E-state index in [1.54, 1.807) is 37.4 Å². The number of halogens is 1. The summed E-state index contributed by atoms with van der Waals surface area (Å²) in [6, 6.07) is 9.81. The van der Waals surface area contributed by atoms with E-state index in [0.717, 1.165) is 11.1 Å². The number of amidine groups is 1. The lowest BCUT2D eigenvalue weighted by atomic mass is 10.1. The predicted octanol–water partition coefficient (Wildman–Crippen LogP) is 4.24. The SMILES string of the molecule is Cc1ccc(C(=O)O)cc1N=C1S/C(=C\c2ccc(O)c(I)c2)C(=O)N1C. The largest absolute Gasteiger partial charge is 0.507 e. The van der Waals surface area contributed by atoms with Crippen molar-refractivity contribution in [2.75, 3.05) is 7.05 Å². The number of carboxylic acids is 1. The van der Waals surface area contributed by atoms with Gasteiger partial charge in [-0.3, -0.25) is 9.69 Å². The lowest BCUT2D eigenvalue weighted by Gasteiger charge is -2.08. The number of carbonyl (C=O) groups excluding carboxylic acids is 1. The first-order valence-corrected chi connectivity index (χ1v) is 9.74. The van der Waals surface area contributed by atoms with Crippen LogP contribution in [0.3, 0.4) is 0 Å². The molecule has 1 saturated heterocycles. The Bertz CT molecular complexity index is 1020. The average Bonchev–Trinajstić information content (AvgIpc) is 2.88. The molecule has 1 amide bonds. The van der Waals surface area contributed by atoms with E-state index in [9.17, 15) is 14.7 Å². The van der Waals surface area contributed by atoms with Gasteiger partial charge in [0.25, 0.3) is 5.91 Å². The maximum Gasteiger partial charge on any atom is 0.335 e. The molecule has 2 aromatic carbocycles. The molecule has 2 aromatic rings. The summed E-state index contributed by atoms with van der Waals surface area (Å²) in [5.41, 5.74) is 2.27. The minimum Gasteiger partial charge on any atom is -0.507 e. The maximum absolute atomic E-state index is 12.5. The molecular weight excluding hydrogens is 479 g/mol. The second kappa shape index (κ2) is 7.73. The number of aliphatic imine (C=N–C) groups is 1. The van der Waals surface area contributed by atoms with Crippen LogP contribution < -0.4 is 0 Å². The fourth-order valence-corrected chi connectivity index (χ4v) is 3.90. The summed E-state index contributed by atoms with van der Waals surface area (Å²) in [4.78, 5) is 30.2. The summed E-state index contributed by atoms with van der Waals surface area (Å²) in [6.45, 7) is 1.83. The summed E-state index contributed by atoms with van der Waals surface area (Å²) >= 11 is 3.25. The number of amides is 1. The standard InChI is InChI=1S/C19H15IN2O4S/c1-10-3-5-12(18(25)26)9-14(10)21-19-22(2)17(24)16(27-19)8-11-4-6-15(23)13(20)7-11/h3-9,23H,1-2H3,(H,25,26)/b16-8-,21-19?. The van der Waals surface area contributed by atoms with Gasteiger partial charge in [0.05, 0.1) is 19.7 Å². The second-order valence-corrected chi connectivity index (χ2v) is 8.06. The molecule has 0 aliphatic carbocycles. The quantitative estimate of drug-likeness (QED) is 0.493. The lowest BCUT2D eigenvalue weighted by Crippen LogP contribution is -2.23. The number of aromatic hydroxyl groups is 1. The van der Waals surface area contributed by atoms with Crippen LogP contribution in [0, 0.1) is 10.5 Å². The highest BCUT2D eigenvalue weighted by atomic mass is 127. The number of rotatable bonds is 3. The Hall–Kier alpha value is -2.33. The minimum atomic E-state index is -1.03. The first-order chi connectivity index (χ1) is 12.8. The number of benzene rings is 2. The average molecular weight is 494 g/mol. The van der Waals surface area contributed by atoms with Crippen molar-refractivity contribution in [2.45, 2.75) is 6.92 Å². The molecule has 0 spiro atoms. The van der Waals surface area contributed by atoms with Crippen molar-refractivity contribution in [2.24, 2.45) is 4.99 Å². The van der Waals surface area contributed by atoms with Gasteiger partial charge in [0.1, 0.15) is 5.75 Å². The highest BCUT2D eigenvalue weighted by molar-refractivity contribution is 14.1. The number of hydrogen-bond acceptors (Lipinski definition) is 5. The molecule has 6 nitrogen and oxygen atoms in total. The van der Waals surface area contributed by atoms with Crippen molar-refractivity contribution in [1.82, 2.24) is 4.90 Å². The molecule has 8 heteroatoms. The monoisotopic (exact) mass is 494 g/mol. The Morgan fingerprint density at radius 2 is 2.00 bits per heavy atom. The van der Waals surface area contributed by atoms with Crippen molar-refractivity contribution >= 4 is 63.2 Å². The normalized spacial score (nSPS) is 17.1. The smallest absolute Gasteiger partial charge is 0.335 e. The van der Waals surface area contributed by atoms with E-state index in [0.29, 0.717) is 19.3 Å². The van der Waals surface area contributed by atoms with Crippen molar-refractivity contribution in [3.8, 4) is 5.75 Å². The number of nitrogens with zero attached hydrogens (tertiary/aromatic N) is 2. The van der Waals surface area contributed by atoms with Gasteiger partial charge in [-0.25, -0.2) is 9.79 Å². The molecule has 1 heterocycles. The van der Waals surface area contributed by atoms with Crippen molar-refractivity contribution < 1.29 is 19.8 Å². The highest BCUT2D eigenvalue weighted by Gasteiger charge is 2.30. The van der Waals surface area contributed by atoms with Gasteiger partial charge in [-0.05, 0) is 82.7 Å². The van der Waals surface area contributed by atoms with Gasteiger partial charge in [0, 0.05) is 7.05 Å². The van der Waals surface area contributed by atoms with Crippen LogP contribution in [0.15, 0.2) is 46.3 Å². The van der Waals surface area contributed by atoms with E-state index in [1.807, 2.05) is 29.5 Å². The summed E-state index contributed by atoms with van der Waals surface area (Å²) in [5.74, 6) is -1.02. The Morgan fingerprint density at radius 1 is 1.26 bits per heavy atom. The van der Waals surface area contributed by atoms with E-state index in [4.69, 9.17) is 5.11 Å². The van der Waals surface area contributed by atoms with Gasteiger partial charge in [-0.2, -0.15) is 0 Å². The minimum absolute atomic E-state index is 0.145. The fourth-order valence-electron chi connectivity index (χ4n) is 2.38. The number of likely N-dealkylation sites (N-methyl/N-ethyl adjacent to an activating group) is 1. The topological polar surface area (TPSA) is 90.2 Å². The summed E-state index contributed by atoms with van der Waals surface area (Å²) in [5, 5.41) is 19.3. The van der Waals surface area contributed by atoms with Crippen LogP contribution in [0.25, 0.3) is 6.08 Å². The van der Waals surface area contributed by atoms with Gasteiger partial charge >= 0.3 is 5.97 Å². The molecule has 1 aliphatic rings. The summed E-state index contributed by atoms with van der Waals surface area (Å²) in [7, 11) is 1.63. The Kier molecular flexibility index (Phi) is 5.56. The number of carboxylic acid groups (broad SMARTS) is 1. The molecule has 2 N–H and O–H groups in total. The van der Waals surface area contributed by atoms with Gasteiger partial charge in [-0.1, -0.05) is 12.1 Å². The van der Waals surface area contributed by atoms with Crippen LogP contribution in [0.2, 0.25) is 0 Å². The number of carbonyl (C=O) groups is 2. The van der Waals surface area contributed by atoms with Crippen LogP contribution in [0.5, 0.6) is 5.75 Å². The summed E-state index contributed by atoms with van der Waals surface area (Å²) in [6.07, 6.45) is 1.74. The lowest BCUT2D eigenvalue weighted by molar-refractivity contribution is -0.121. The van der Waals surface area contributed by atoms with Crippen molar-refractivity contribution in [1.29, 1.82) is 0 Å². The van der Waals surface area contributed by atoms with Crippen LogP contribution in [0.1, 0.15) is 21.5 Å². The predicted molar refractivity (Wildman–Crippen MR) is 114 cm³/mol. The number of thioether (sulfide) groups is 1. The number of aromatic carboxylic acids is 1. The van der Waals surface area contributed by atoms with Crippen molar-refractivity contribution in [3.05, 3.63) is 61.6 Å². The summed E-state index contributed by atoms with van der Waals surface area (Å²) < 4.78 is 0.695. The molecule has 0 saturated carbocycles. The van der Waals surface area contributed by atoms with Crippen LogP contribution >= 0.6 is 34.4 Å². The first kappa shape index (κ1) is 19.4. The van der Waals surface area contributed by atoms with E-state index in [-0.39, 0.29) is 17.2 Å². The molecule has 0 unspecified atom stereocenters. The molecule has 1 fully saturated rings. The molecule has 0 radical (unpaired) electrons. The highest BCUT2D eigenvalue weighted by Crippen LogP contribution is 2.34. The Labute approximate surface area is 173 Å². The fraction of sp³-hybridized carbons (Fsp3) is 0.105. The molecular formula is C19H15IN2O4S. The van der Waals surface area contributed by atoms with E-state index in [1.165, 1.54) is 28.8 Å². The Balaban J connectivity index is 1.95. The third-order valence-corrected chi connectivity index (χ3v) is 5.87. The second-order valence-electron chi connectivity index (χ2n) is 5.89. The van der Waals surface area contributed by atoms with Gasteiger partial charge in [0.15, 0.2) is 5.17 Å². The van der Waals surface area contributed by atoms with E-state index >= 15 is 0 Å². The molecule has 0 bridgehead atoms. The molecule has 0 atom stereocenters. The molecule has 0 aromatic heterocycles. The third-order valence-electron chi connectivity index (χ3n) is 3.95. The van der Waals surface area contributed by atoms with Crippen molar-refractivity contribution in [3.63, 3.8) is 0 Å². The molecule has 1 aliphatic heterocycles. The number of aryl methyl sites for hydroxylation is 1. The third kappa shape index (κ3) is 4.16. The van der Waals surface area contributed by atoms with Gasteiger partial charge in [-0.15, -0.1) is 0 Å². The Morgan fingerprint density at radius 3 is 2.67 bits per heavy atom. The zero-order chi connectivity index (χ0) is 19.7. The van der Waals surface area contributed by atoms with Crippen LogP contribution in [-0.4, -0.2) is 39.2 Å². The maximum atomic E-state index is 12.5. The molecule has 27 heavy (non-hydrogen) atoms. The zero-order valence-corrected chi connectivity index (χ0v) is 17.4. The van der Waals surface area contributed by atoms with E-state index in [2.05, 4.69) is 4.99 Å². The number of phenols is 1.